The average molecular weight is 434 g/mol. The smallest absolute Gasteiger partial charge is 0.255 e. The van der Waals surface area contributed by atoms with Crippen LogP contribution in [0.25, 0.3) is 10.4 Å². The second-order valence-electron chi connectivity index (χ2n) is 5.63. The van der Waals surface area contributed by atoms with Gasteiger partial charge in [-0.3, -0.25) is 9.78 Å². The highest BCUT2D eigenvalue weighted by Crippen LogP contribution is 2.24. The molecule has 1 aliphatic rings. The van der Waals surface area contributed by atoms with Crippen LogP contribution < -0.4 is 5.32 Å². The van der Waals surface area contributed by atoms with Gasteiger partial charge in [0.15, 0.2) is 0 Å². The van der Waals surface area contributed by atoms with E-state index in [2.05, 4.69) is 32.3 Å². The molecule has 3 rings (SSSR count). The Balaban J connectivity index is 1.79. The summed E-state index contributed by atoms with van der Waals surface area (Å²) in [5.41, 5.74) is 12.4. The van der Waals surface area contributed by atoms with E-state index in [4.69, 9.17) is 5.53 Å². The van der Waals surface area contributed by atoms with Crippen LogP contribution in [-0.2, 0) is 13.0 Å². The lowest BCUT2D eigenvalue weighted by Gasteiger charge is -2.24. The van der Waals surface area contributed by atoms with Crippen LogP contribution in [0.2, 0.25) is 0 Å². The normalized spacial score (nSPS) is 13.8. The number of rotatable bonds is 3. The molecule has 0 saturated heterocycles. The van der Waals surface area contributed by atoms with E-state index in [1.54, 1.807) is 24.4 Å². The number of carbonyl (C=O) groups is 1. The van der Waals surface area contributed by atoms with Gasteiger partial charge in [0.25, 0.3) is 5.91 Å². The van der Waals surface area contributed by atoms with Crippen molar-refractivity contribution in [2.45, 2.75) is 13.0 Å². The van der Waals surface area contributed by atoms with E-state index < -0.39 is 0 Å². The van der Waals surface area contributed by atoms with Gasteiger partial charge in [-0.1, -0.05) is 11.2 Å². The fourth-order valence-corrected chi connectivity index (χ4v) is 3.24. The summed E-state index contributed by atoms with van der Waals surface area (Å²) in [6, 6.07) is 6.95. The molecule has 2 heterocycles. The van der Waals surface area contributed by atoms with Crippen molar-refractivity contribution in [1.82, 2.24) is 9.88 Å². The van der Waals surface area contributed by atoms with E-state index in [1.807, 2.05) is 28.7 Å². The number of nitrogens with zero attached hydrogens (tertiary/aromatic N) is 5. The first-order chi connectivity index (χ1) is 11.6. The van der Waals surface area contributed by atoms with Gasteiger partial charge < -0.3 is 10.2 Å². The number of aromatic nitrogens is 1. The number of likely N-dealkylation sites (N-methyl/N-ethyl adjacent to an activating group) is 1. The minimum atomic E-state index is -0.216. The van der Waals surface area contributed by atoms with Gasteiger partial charge in [0.05, 0.1) is 17.6 Å². The maximum Gasteiger partial charge on any atom is 0.255 e. The fraction of sp³-hybridized carbons (Fsp3) is 0.250. The Kier molecular flexibility index (Phi) is 4.98. The van der Waals surface area contributed by atoms with Gasteiger partial charge >= 0.3 is 0 Å². The van der Waals surface area contributed by atoms with Crippen molar-refractivity contribution >= 4 is 39.9 Å². The molecule has 0 spiro atoms. The molecule has 0 radical (unpaired) electrons. The van der Waals surface area contributed by atoms with Gasteiger partial charge in [-0.2, -0.15) is 0 Å². The highest BCUT2D eigenvalue weighted by Gasteiger charge is 2.16. The standard InChI is InChI=1S/C16H15IN6O/c1-23-5-4-14-11(9-23)6-12(8-19-14)20-16(24)10-2-3-15(21-22-18)13(17)7-10/h2-3,6-8H,4-5,9H2,1H3,(H,20,24). The highest BCUT2D eigenvalue weighted by molar-refractivity contribution is 14.1. The number of anilines is 1. The molecule has 7 nitrogen and oxygen atoms in total. The summed E-state index contributed by atoms with van der Waals surface area (Å²) in [4.78, 5) is 21.9. The third-order valence-electron chi connectivity index (χ3n) is 3.85. The molecular weight excluding hydrogens is 419 g/mol. The summed E-state index contributed by atoms with van der Waals surface area (Å²) in [5, 5.41) is 6.45. The summed E-state index contributed by atoms with van der Waals surface area (Å²) < 4.78 is 0.725. The number of hydrogen-bond acceptors (Lipinski definition) is 4. The average Bonchev–Trinajstić information content (AvgIpc) is 2.56. The lowest BCUT2D eigenvalue weighted by atomic mass is 10.1. The quantitative estimate of drug-likeness (QED) is 0.344. The number of hydrogen-bond donors (Lipinski definition) is 1. The predicted molar refractivity (Wildman–Crippen MR) is 100 cm³/mol. The van der Waals surface area contributed by atoms with Gasteiger partial charge in [-0.05, 0) is 58.9 Å². The van der Waals surface area contributed by atoms with Gasteiger partial charge in [-0.25, -0.2) is 0 Å². The zero-order valence-corrected chi connectivity index (χ0v) is 15.2. The third kappa shape index (κ3) is 3.66. The van der Waals surface area contributed by atoms with Crippen LogP contribution in [0.15, 0.2) is 35.6 Å². The molecule has 0 unspecified atom stereocenters. The van der Waals surface area contributed by atoms with Gasteiger partial charge in [0.2, 0.25) is 0 Å². The van der Waals surface area contributed by atoms with Crippen molar-refractivity contribution in [3.63, 3.8) is 0 Å². The molecule has 1 N–H and O–H groups in total. The molecule has 0 fully saturated rings. The Bertz CT molecular complexity index is 846. The van der Waals surface area contributed by atoms with E-state index in [-0.39, 0.29) is 5.91 Å². The summed E-state index contributed by atoms with van der Waals surface area (Å²) in [5.74, 6) is -0.216. The van der Waals surface area contributed by atoms with E-state index in [0.29, 0.717) is 16.9 Å². The third-order valence-corrected chi connectivity index (χ3v) is 4.71. The van der Waals surface area contributed by atoms with Crippen LogP contribution in [-0.4, -0.2) is 29.4 Å². The van der Waals surface area contributed by atoms with Gasteiger partial charge in [0, 0.05) is 39.2 Å². The molecule has 8 heteroatoms. The van der Waals surface area contributed by atoms with Crippen LogP contribution in [0.1, 0.15) is 21.6 Å². The van der Waals surface area contributed by atoms with E-state index >= 15 is 0 Å². The summed E-state index contributed by atoms with van der Waals surface area (Å²) in [6.07, 6.45) is 2.63. The van der Waals surface area contributed by atoms with Crippen molar-refractivity contribution in [3.8, 4) is 0 Å². The van der Waals surface area contributed by atoms with Crippen molar-refractivity contribution < 1.29 is 4.79 Å². The Morgan fingerprint density at radius 2 is 2.29 bits per heavy atom. The lowest BCUT2D eigenvalue weighted by molar-refractivity contribution is 0.102. The Hall–Kier alpha value is -2.16. The number of benzene rings is 1. The van der Waals surface area contributed by atoms with Crippen LogP contribution in [0, 0.1) is 3.57 Å². The number of azide groups is 1. The largest absolute Gasteiger partial charge is 0.321 e. The summed E-state index contributed by atoms with van der Waals surface area (Å²) in [7, 11) is 2.07. The summed E-state index contributed by atoms with van der Waals surface area (Å²) in [6.45, 7) is 1.84. The SMILES string of the molecule is CN1CCc2ncc(NC(=O)c3ccc(N=[N+]=[N-])c(I)c3)cc2C1. The second-order valence-corrected chi connectivity index (χ2v) is 6.79. The number of amides is 1. The fourth-order valence-electron chi connectivity index (χ4n) is 2.62. The van der Waals surface area contributed by atoms with Gasteiger partial charge in [0.1, 0.15) is 0 Å². The molecule has 1 aromatic carbocycles. The maximum absolute atomic E-state index is 12.4. The number of halogens is 1. The zero-order chi connectivity index (χ0) is 17.1. The monoisotopic (exact) mass is 434 g/mol. The van der Waals surface area contributed by atoms with Crippen molar-refractivity contribution in [3.05, 3.63) is 61.3 Å². The van der Waals surface area contributed by atoms with Gasteiger partial charge in [-0.15, -0.1) is 0 Å². The van der Waals surface area contributed by atoms with Crippen LogP contribution in [0.4, 0.5) is 11.4 Å². The minimum absolute atomic E-state index is 0.216. The molecule has 1 amide bonds. The Labute approximate surface area is 152 Å². The van der Waals surface area contributed by atoms with Crippen LogP contribution in [0.3, 0.4) is 0 Å². The first-order valence-electron chi connectivity index (χ1n) is 7.39. The second kappa shape index (κ2) is 7.16. The van der Waals surface area contributed by atoms with Crippen LogP contribution in [0.5, 0.6) is 0 Å². The van der Waals surface area contributed by atoms with E-state index in [0.717, 1.165) is 34.3 Å². The van der Waals surface area contributed by atoms with Crippen molar-refractivity contribution in [1.29, 1.82) is 0 Å². The number of carbonyl (C=O) groups excluding carboxylic acids is 1. The maximum atomic E-state index is 12.4. The molecule has 122 valence electrons. The molecule has 1 aliphatic heterocycles. The van der Waals surface area contributed by atoms with Crippen molar-refractivity contribution in [2.24, 2.45) is 5.11 Å². The topological polar surface area (TPSA) is 94.0 Å². The molecule has 24 heavy (non-hydrogen) atoms. The number of nitrogens with one attached hydrogen (secondary N) is 1. The summed E-state index contributed by atoms with van der Waals surface area (Å²) >= 11 is 2.04. The molecule has 0 bridgehead atoms. The first kappa shape index (κ1) is 16.7. The number of fused-ring (bicyclic) bond motifs is 1. The minimum Gasteiger partial charge on any atom is -0.321 e. The van der Waals surface area contributed by atoms with Crippen LogP contribution >= 0.6 is 22.6 Å². The molecule has 0 saturated carbocycles. The highest BCUT2D eigenvalue weighted by atomic mass is 127. The zero-order valence-electron chi connectivity index (χ0n) is 13.0. The van der Waals surface area contributed by atoms with E-state index in [1.165, 1.54) is 0 Å². The molecule has 2 aromatic rings. The number of pyridine rings is 1. The van der Waals surface area contributed by atoms with Crippen molar-refractivity contribution in [2.75, 3.05) is 18.9 Å². The first-order valence-corrected chi connectivity index (χ1v) is 8.47. The Morgan fingerprint density at radius 1 is 1.46 bits per heavy atom. The predicted octanol–water partition coefficient (Wildman–Crippen LogP) is 3.87. The molecular formula is C16H15IN6O. The molecule has 0 aliphatic carbocycles. The Morgan fingerprint density at radius 3 is 3.04 bits per heavy atom. The molecule has 0 atom stereocenters. The lowest BCUT2D eigenvalue weighted by Crippen LogP contribution is -2.27. The van der Waals surface area contributed by atoms with E-state index in [9.17, 15) is 4.79 Å². The molecule has 1 aromatic heterocycles.